The average molecular weight is 481 g/mol. The predicted molar refractivity (Wildman–Crippen MR) is 136 cm³/mol. The Kier molecular flexibility index (Phi) is 6.64. The van der Waals surface area contributed by atoms with E-state index in [1.54, 1.807) is 7.11 Å². The summed E-state index contributed by atoms with van der Waals surface area (Å²) in [7, 11) is 1.61. The summed E-state index contributed by atoms with van der Waals surface area (Å²) in [5, 5.41) is 27.4. The molecule has 1 fully saturated rings. The van der Waals surface area contributed by atoms with Crippen LogP contribution in [-0.4, -0.2) is 51.7 Å². The van der Waals surface area contributed by atoms with Crippen LogP contribution in [0.2, 0.25) is 5.02 Å². The second-order valence-corrected chi connectivity index (χ2v) is 8.95. The van der Waals surface area contributed by atoms with Crippen LogP contribution in [0.1, 0.15) is 25.3 Å². The number of fused-ring (bicyclic) bond motifs is 3. The number of hydrogen-bond donors (Lipinski definition) is 3. The number of methoxy groups -OCH3 is 1. The first-order chi connectivity index (χ1) is 16.7. The summed E-state index contributed by atoms with van der Waals surface area (Å²) in [5.41, 5.74) is 1.85. The molecule has 1 saturated heterocycles. The molecule has 0 spiro atoms. The van der Waals surface area contributed by atoms with E-state index in [0.29, 0.717) is 29.1 Å². The Bertz CT molecular complexity index is 1300. The van der Waals surface area contributed by atoms with Gasteiger partial charge in [0.15, 0.2) is 17.3 Å². The van der Waals surface area contributed by atoms with Crippen LogP contribution in [-0.2, 0) is 13.1 Å². The van der Waals surface area contributed by atoms with Crippen LogP contribution in [0.3, 0.4) is 0 Å². The Hall–Kier alpha value is -3.17. The number of hydrogen-bond acceptors (Lipinski definition) is 8. The molecule has 0 unspecified atom stereocenters. The number of anilines is 2. The second-order valence-electron chi connectivity index (χ2n) is 8.54. The van der Waals surface area contributed by atoms with Gasteiger partial charge in [-0.2, -0.15) is 5.10 Å². The number of aryl methyl sites for hydroxylation is 1. The molecular formula is C24H29ClN8O. The van der Waals surface area contributed by atoms with E-state index < -0.39 is 0 Å². The minimum atomic E-state index is 0.543. The molecule has 4 heterocycles. The first-order valence-corrected chi connectivity index (χ1v) is 12.1. The van der Waals surface area contributed by atoms with Gasteiger partial charge in [0.1, 0.15) is 5.75 Å². The number of benzene rings is 1. The van der Waals surface area contributed by atoms with Crippen molar-refractivity contribution in [3.05, 3.63) is 41.2 Å². The van der Waals surface area contributed by atoms with Gasteiger partial charge in [0.05, 0.1) is 23.7 Å². The molecule has 4 aromatic rings. The SMILES string of the molecule is CCn1ncc2c3c(NCc4ccc(OC)c(Cl)c4)nnc(NCC4CCNCC4)c3cnc21. The molecule has 0 radical (unpaired) electrons. The third kappa shape index (κ3) is 4.45. The number of aromatic nitrogens is 5. The molecule has 5 rings (SSSR count). The van der Waals surface area contributed by atoms with Gasteiger partial charge in [-0.25, -0.2) is 9.67 Å². The lowest BCUT2D eigenvalue weighted by Crippen LogP contribution is -2.31. The molecule has 3 N–H and O–H groups in total. The monoisotopic (exact) mass is 480 g/mol. The van der Waals surface area contributed by atoms with Gasteiger partial charge < -0.3 is 20.7 Å². The minimum Gasteiger partial charge on any atom is -0.495 e. The van der Waals surface area contributed by atoms with Crippen molar-refractivity contribution in [2.45, 2.75) is 32.9 Å². The third-order valence-corrected chi connectivity index (χ3v) is 6.70. The molecule has 0 atom stereocenters. The number of ether oxygens (including phenoxy) is 1. The highest BCUT2D eigenvalue weighted by molar-refractivity contribution is 6.32. The molecule has 0 bridgehead atoms. The number of nitrogens with one attached hydrogen (secondary N) is 3. The van der Waals surface area contributed by atoms with E-state index in [1.165, 1.54) is 0 Å². The Morgan fingerprint density at radius 2 is 1.94 bits per heavy atom. The number of piperidine rings is 1. The van der Waals surface area contributed by atoms with E-state index in [-0.39, 0.29) is 0 Å². The zero-order valence-corrected chi connectivity index (χ0v) is 20.2. The van der Waals surface area contributed by atoms with Crippen LogP contribution >= 0.6 is 11.6 Å². The first-order valence-electron chi connectivity index (χ1n) is 11.7. The predicted octanol–water partition coefficient (Wildman–Crippen LogP) is 4.08. The summed E-state index contributed by atoms with van der Waals surface area (Å²) in [4.78, 5) is 4.71. The van der Waals surface area contributed by atoms with Gasteiger partial charge >= 0.3 is 0 Å². The van der Waals surface area contributed by atoms with Gasteiger partial charge in [0, 0.05) is 36.6 Å². The summed E-state index contributed by atoms with van der Waals surface area (Å²) in [6.07, 6.45) is 6.06. The van der Waals surface area contributed by atoms with Crippen molar-refractivity contribution in [3.63, 3.8) is 0 Å². The molecule has 0 saturated carbocycles. The summed E-state index contributed by atoms with van der Waals surface area (Å²) < 4.78 is 7.15. The van der Waals surface area contributed by atoms with E-state index in [1.807, 2.05) is 35.3 Å². The highest BCUT2D eigenvalue weighted by atomic mass is 35.5. The Labute approximate surface area is 203 Å². The quantitative estimate of drug-likeness (QED) is 0.347. The zero-order valence-electron chi connectivity index (χ0n) is 19.4. The standard InChI is InChI=1S/C24H29ClN8O/c1-3-33-24-18(14-30-33)21-17(13-29-24)22(27-11-15-6-8-26-9-7-15)31-32-23(21)28-12-16-4-5-20(34-2)19(25)10-16/h4-5,10,13-15,26H,3,6-9,11-12H2,1-2H3,(H,27,31)(H,28,32). The van der Waals surface area contributed by atoms with E-state index in [2.05, 4.69) is 38.2 Å². The number of halogens is 1. The summed E-state index contributed by atoms with van der Waals surface area (Å²) in [6, 6.07) is 5.74. The fourth-order valence-corrected chi connectivity index (χ4v) is 4.76. The number of rotatable bonds is 8. The summed E-state index contributed by atoms with van der Waals surface area (Å²) in [6.45, 7) is 6.34. The van der Waals surface area contributed by atoms with Crippen molar-refractivity contribution in [1.29, 1.82) is 0 Å². The molecule has 1 aromatic carbocycles. The third-order valence-electron chi connectivity index (χ3n) is 6.40. The Morgan fingerprint density at radius 1 is 1.12 bits per heavy atom. The molecular weight excluding hydrogens is 452 g/mol. The van der Waals surface area contributed by atoms with Gasteiger partial charge in [-0.3, -0.25) is 0 Å². The molecule has 3 aromatic heterocycles. The maximum absolute atomic E-state index is 6.31. The largest absolute Gasteiger partial charge is 0.495 e. The van der Waals surface area contributed by atoms with Crippen molar-refractivity contribution >= 4 is 45.0 Å². The molecule has 9 nitrogen and oxygen atoms in total. The van der Waals surface area contributed by atoms with Crippen LogP contribution in [0.15, 0.2) is 30.6 Å². The normalized spacial score (nSPS) is 14.6. The Morgan fingerprint density at radius 3 is 2.71 bits per heavy atom. The maximum Gasteiger partial charge on any atom is 0.158 e. The van der Waals surface area contributed by atoms with E-state index >= 15 is 0 Å². The molecule has 10 heteroatoms. The van der Waals surface area contributed by atoms with Crippen molar-refractivity contribution < 1.29 is 4.74 Å². The van der Waals surface area contributed by atoms with Crippen LogP contribution in [0.25, 0.3) is 21.8 Å². The maximum atomic E-state index is 6.31. The molecule has 0 aliphatic carbocycles. The lowest BCUT2D eigenvalue weighted by molar-refractivity contribution is 0.389. The fraction of sp³-hybridized carbons (Fsp3) is 0.417. The number of nitrogens with zero attached hydrogens (tertiary/aromatic N) is 5. The van der Waals surface area contributed by atoms with Gasteiger partial charge in [-0.05, 0) is 56.5 Å². The molecule has 1 aliphatic heterocycles. The van der Waals surface area contributed by atoms with Crippen molar-refractivity contribution in [3.8, 4) is 5.75 Å². The van der Waals surface area contributed by atoms with Crippen molar-refractivity contribution in [2.75, 3.05) is 37.4 Å². The fourth-order valence-electron chi connectivity index (χ4n) is 4.48. The van der Waals surface area contributed by atoms with Crippen LogP contribution in [0, 0.1) is 5.92 Å². The second kappa shape index (κ2) is 9.99. The lowest BCUT2D eigenvalue weighted by Gasteiger charge is -2.23. The van der Waals surface area contributed by atoms with Crippen LogP contribution in [0.4, 0.5) is 11.6 Å². The van der Waals surface area contributed by atoms with E-state index in [0.717, 1.165) is 72.2 Å². The van der Waals surface area contributed by atoms with Gasteiger partial charge in [0.25, 0.3) is 0 Å². The smallest absolute Gasteiger partial charge is 0.158 e. The van der Waals surface area contributed by atoms with E-state index in [9.17, 15) is 0 Å². The highest BCUT2D eigenvalue weighted by Gasteiger charge is 2.18. The zero-order chi connectivity index (χ0) is 23.5. The van der Waals surface area contributed by atoms with Crippen molar-refractivity contribution in [2.24, 2.45) is 5.92 Å². The topological polar surface area (TPSA) is 102 Å². The highest BCUT2D eigenvalue weighted by Crippen LogP contribution is 2.33. The van der Waals surface area contributed by atoms with Gasteiger partial charge in [-0.15, -0.1) is 10.2 Å². The van der Waals surface area contributed by atoms with E-state index in [4.69, 9.17) is 21.3 Å². The minimum absolute atomic E-state index is 0.543. The first kappa shape index (κ1) is 22.6. The average Bonchev–Trinajstić information content (AvgIpc) is 3.30. The summed E-state index contributed by atoms with van der Waals surface area (Å²) >= 11 is 6.31. The van der Waals surface area contributed by atoms with Gasteiger partial charge in [-0.1, -0.05) is 17.7 Å². The molecule has 0 amide bonds. The Balaban J connectivity index is 1.49. The summed E-state index contributed by atoms with van der Waals surface area (Å²) in [5.74, 6) is 2.72. The molecule has 34 heavy (non-hydrogen) atoms. The van der Waals surface area contributed by atoms with Crippen molar-refractivity contribution in [1.82, 2.24) is 30.3 Å². The van der Waals surface area contributed by atoms with Crippen LogP contribution in [0.5, 0.6) is 5.75 Å². The lowest BCUT2D eigenvalue weighted by atomic mass is 9.98. The number of pyridine rings is 1. The molecule has 178 valence electrons. The molecule has 1 aliphatic rings. The van der Waals surface area contributed by atoms with Crippen LogP contribution < -0.4 is 20.7 Å². The van der Waals surface area contributed by atoms with Gasteiger partial charge in [0.2, 0.25) is 0 Å².